The molecule has 0 atom stereocenters. The zero-order valence-corrected chi connectivity index (χ0v) is 19.4. The highest BCUT2D eigenvalue weighted by molar-refractivity contribution is 7.20. The van der Waals surface area contributed by atoms with Gasteiger partial charge in [0.25, 0.3) is 0 Å². The van der Waals surface area contributed by atoms with Gasteiger partial charge in [-0.2, -0.15) is 0 Å². The minimum Gasteiger partial charge on any atom is -0.423 e. The van der Waals surface area contributed by atoms with Crippen LogP contribution in [0.5, 0.6) is 0 Å². The molecular formula is C24H24BN5O3S. The second-order valence-corrected chi connectivity index (χ2v) is 9.52. The zero-order valence-electron chi connectivity index (χ0n) is 18.6. The van der Waals surface area contributed by atoms with E-state index in [9.17, 15) is 14.8 Å². The second kappa shape index (κ2) is 9.15. The number of nitrogens with two attached hydrogens (primary N) is 1. The van der Waals surface area contributed by atoms with Crippen LogP contribution in [0.4, 0.5) is 5.82 Å². The molecule has 1 amide bonds. The molecule has 0 radical (unpaired) electrons. The van der Waals surface area contributed by atoms with Crippen molar-refractivity contribution in [1.82, 2.24) is 15.3 Å². The van der Waals surface area contributed by atoms with Gasteiger partial charge in [-0.25, -0.2) is 9.97 Å². The summed E-state index contributed by atoms with van der Waals surface area (Å²) < 4.78 is 0.847. The number of carbonyl (C=O) groups is 1. The number of nitrogens with zero attached hydrogens (tertiary/aromatic N) is 2. The third-order valence-electron chi connectivity index (χ3n) is 6.02. The number of hydrogen-bond donors (Lipinski definition) is 5. The predicted molar refractivity (Wildman–Crippen MR) is 135 cm³/mol. The molecule has 0 fully saturated rings. The number of benzene rings is 2. The number of hydrogen-bond acceptors (Lipinski definition) is 8. The second-order valence-electron chi connectivity index (χ2n) is 8.30. The van der Waals surface area contributed by atoms with E-state index in [0.29, 0.717) is 29.9 Å². The average Bonchev–Trinajstić information content (AvgIpc) is 3.18. The SMILES string of the molecule is Cc1sc2c(C(N)=O)cccc2c1-c1nc2c(c(NCc3cccc(B(O)O)c3)n1)CNCC2. The standard InChI is InChI=1S/C24H24BN5O3S/c1-13-20(16-6-3-7-17(22(26)31)21(16)34-13)24-29-19-8-9-27-12-18(19)23(30-24)28-11-14-4-2-5-15(10-14)25(32)33/h2-7,10,27,32-33H,8-9,11-12H2,1H3,(H2,26,31)(H,28,29,30). The zero-order chi connectivity index (χ0) is 23.8. The van der Waals surface area contributed by atoms with Gasteiger partial charge in [-0.05, 0) is 24.0 Å². The average molecular weight is 473 g/mol. The van der Waals surface area contributed by atoms with Crippen LogP contribution >= 0.6 is 11.3 Å². The Balaban J connectivity index is 1.57. The Labute approximate surface area is 201 Å². The number of anilines is 1. The summed E-state index contributed by atoms with van der Waals surface area (Å²) in [4.78, 5) is 22.8. The van der Waals surface area contributed by atoms with E-state index in [1.54, 1.807) is 24.3 Å². The maximum atomic E-state index is 12.0. The number of fused-ring (bicyclic) bond motifs is 2. The number of carbonyl (C=O) groups excluding carboxylic acids is 1. The van der Waals surface area contributed by atoms with E-state index in [-0.39, 0.29) is 0 Å². The molecule has 0 saturated heterocycles. The molecule has 10 heteroatoms. The molecule has 2 aromatic carbocycles. The Morgan fingerprint density at radius 1 is 1.24 bits per heavy atom. The minimum absolute atomic E-state index is 0.442. The quantitative estimate of drug-likeness (QED) is 0.269. The molecule has 1 aliphatic heterocycles. The van der Waals surface area contributed by atoms with Gasteiger partial charge in [0, 0.05) is 52.1 Å². The topological polar surface area (TPSA) is 133 Å². The van der Waals surface area contributed by atoms with Crippen molar-refractivity contribution in [2.75, 3.05) is 11.9 Å². The fourth-order valence-corrected chi connectivity index (χ4v) is 5.53. The largest absolute Gasteiger partial charge is 0.488 e. The van der Waals surface area contributed by atoms with Crippen LogP contribution in [0, 0.1) is 6.92 Å². The Kier molecular flexibility index (Phi) is 6.05. The number of thiophene rings is 1. The number of nitrogens with one attached hydrogen (secondary N) is 2. The van der Waals surface area contributed by atoms with Gasteiger partial charge in [-0.1, -0.05) is 36.4 Å². The molecular weight excluding hydrogens is 449 g/mol. The van der Waals surface area contributed by atoms with Crippen LogP contribution in [-0.2, 0) is 19.5 Å². The molecule has 0 unspecified atom stereocenters. The van der Waals surface area contributed by atoms with Gasteiger partial charge < -0.3 is 26.4 Å². The van der Waals surface area contributed by atoms with Gasteiger partial charge in [-0.15, -0.1) is 11.3 Å². The normalized spacial score (nSPS) is 13.0. The summed E-state index contributed by atoms with van der Waals surface area (Å²) in [5, 5.41) is 26.7. The monoisotopic (exact) mass is 473 g/mol. The van der Waals surface area contributed by atoms with Crippen LogP contribution in [0.2, 0.25) is 0 Å². The van der Waals surface area contributed by atoms with Crippen LogP contribution in [0.3, 0.4) is 0 Å². The number of primary amides is 1. The van der Waals surface area contributed by atoms with E-state index in [1.165, 1.54) is 11.3 Å². The molecule has 34 heavy (non-hydrogen) atoms. The van der Waals surface area contributed by atoms with Gasteiger partial charge >= 0.3 is 7.12 Å². The highest BCUT2D eigenvalue weighted by Gasteiger charge is 2.22. The molecule has 172 valence electrons. The Bertz CT molecular complexity index is 1410. The third-order valence-corrected chi connectivity index (χ3v) is 7.18. The van der Waals surface area contributed by atoms with Crippen molar-refractivity contribution in [3.8, 4) is 11.4 Å². The maximum Gasteiger partial charge on any atom is 0.488 e. The van der Waals surface area contributed by atoms with Crippen molar-refractivity contribution in [1.29, 1.82) is 0 Å². The van der Waals surface area contributed by atoms with Gasteiger partial charge in [0.1, 0.15) is 5.82 Å². The maximum absolute atomic E-state index is 12.0. The lowest BCUT2D eigenvalue weighted by Crippen LogP contribution is -2.30. The molecule has 6 N–H and O–H groups in total. The lowest BCUT2D eigenvalue weighted by atomic mass is 9.79. The predicted octanol–water partition coefficient (Wildman–Crippen LogP) is 1.70. The van der Waals surface area contributed by atoms with Crippen molar-refractivity contribution in [2.45, 2.75) is 26.4 Å². The Morgan fingerprint density at radius 2 is 2.06 bits per heavy atom. The van der Waals surface area contributed by atoms with Crippen molar-refractivity contribution < 1.29 is 14.8 Å². The Morgan fingerprint density at radius 3 is 2.85 bits per heavy atom. The van der Waals surface area contributed by atoms with Gasteiger partial charge in [0.15, 0.2) is 5.82 Å². The van der Waals surface area contributed by atoms with Gasteiger partial charge in [-0.3, -0.25) is 4.79 Å². The van der Waals surface area contributed by atoms with Gasteiger partial charge in [0.2, 0.25) is 5.91 Å². The number of aryl methyl sites for hydroxylation is 1. The van der Waals surface area contributed by atoms with E-state index in [1.807, 2.05) is 25.1 Å². The number of rotatable bonds is 6. The molecule has 0 bridgehead atoms. The first-order valence-electron chi connectivity index (χ1n) is 11.0. The lowest BCUT2D eigenvalue weighted by molar-refractivity contribution is 0.100. The lowest BCUT2D eigenvalue weighted by Gasteiger charge is -2.21. The molecule has 0 spiro atoms. The molecule has 0 saturated carbocycles. The first-order valence-corrected chi connectivity index (χ1v) is 11.9. The van der Waals surface area contributed by atoms with Crippen LogP contribution in [0.25, 0.3) is 21.5 Å². The molecule has 0 aliphatic carbocycles. The van der Waals surface area contributed by atoms with Crippen molar-refractivity contribution >= 4 is 45.7 Å². The third kappa shape index (κ3) is 4.16. The van der Waals surface area contributed by atoms with E-state index >= 15 is 0 Å². The highest BCUT2D eigenvalue weighted by atomic mass is 32.1. The van der Waals surface area contributed by atoms with E-state index < -0.39 is 13.0 Å². The summed E-state index contributed by atoms with van der Waals surface area (Å²) in [7, 11) is -1.51. The van der Waals surface area contributed by atoms with E-state index in [4.69, 9.17) is 15.7 Å². The summed E-state index contributed by atoms with van der Waals surface area (Å²) in [6, 6.07) is 12.7. The Hall–Kier alpha value is -3.31. The molecule has 3 heterocycles. The van der Waals surface area contributed by atoms with Gasteiger partial charge in [0.05, 0.1) is 11.3 Å². The summed E-state index contributed by atoms with van der Waals surface area (Å²) in [5.74, 6) is 0.911. The first kappa shape index (κ1) is 22.5. The minimum atomic E-state index is -1.51. The molecule has 8 nitrogen and oxygen atoms in total. The first-order chi connectivity index (χ1) is 16.4. The van der Waals surface area contributed by atoms with Crippen LogP contribution in [0.15, 0.2) is 42.5 Å². The number of aromatic nitrogens is 2. The van der Waals surface area contributed by atoms with Crippen molar-refractivity contribution in [3.63, 3.8) is 0 Å². The van der Waals surface area contributed by atoms with Crippen LogP contribution < -0.4 is 21.8 Å². The summed E-state index contributed by atoms with van der Waals surface area (Å²) in [5.41, 5.74) is 10.4. The summed E-state index contributed by atoms with van der Waals surface area (Å²) in [6.45, 7) is 3.99. The fraction of sp³-hybridized carbons (Fsp3) is 0.208. The van der Waals surface area contributed by atoms with Crippen LogP contribution in [0.1, 0.15) is 32.1 Å². The molecule has 4 aromatic rings. The summed E-state index contributed by atoms with van der Waals surface area (Å²) >= 11 is 1.53. The van der Waals surface area contributed by atoms with Crippen molar-refractivity contribution in [3.05, 3.63) is 69.7 Å². The fourth-order valence-electron chi connectivity index (χ4n) is 4.36. The number of amides is 1. The van der Waals surface area contributed by atoms with Crippen molar-refractivity contribution in [2.24, 2.45) is 5.73 Å². The molecule has 1 aliphatic rings. The highest BCUT2D eigenvalue weighted by Crippen LogP contribution is 2.39. The van der Waals surface area contributed by atoms with Crippen LogP contribution in [-0.4, -0.2) is 39.6 Å². The van der Waals surface area contributed by atoms with E-state index in [2.05, 4.69) is 10.6 Å². The van der Waals surface area contributed by atoms with E-state index in [0.717, 1.165) is 56.1 Å². The summed E-state index contributed by atoms with van der Waals surface area (Å²) in [6.07, 6.45) is 0.791. The molecule has 2 aromatic heterocycles. The molecule has 5 rings (SSSR count). The smallest absolute Gasteiger partial charge is 0.423 e.